The largest absolute Gasteiger partial charge is 0.462 e. The van der Waals surface area contributed by atoms with E-state index in [0.29, 0.717) is 28.2 Å². The molecule has 0 aliphatic heterocycles. The highest BCUT2D eigenvalue weighted by atomic mass is 32.2. The molecule has 3 heterocycles. The zero-order valence-corrected chi connectivity index (χ0v) is 20.1. The Kier molecular flexibility index (Phi) is 6.07. The number of ether oxygens (including phenoxy) is 1. The van der Waals surface area contributed by atoms with Gasteiger partial charge >= 0.3 is 5.97 Å². The number of pyridine rings is 1. The number of nitrogens with one attached hydrogen (secondary N) is 1. The SMILES string of the molecule is CCOC(=O)c1c(NC(=O)CSc2nnc3ccc4ccccc4n23)sc2c1CCC(C)C2. The minimum atomic E-state index is -0.359. The van der Waals surface area contributed by atoms with Crippen molar-refractivity contribution >= 4 is 56.5 Å². The molecule has 1 unspecified atom stereocenters. The van der Waals surface area contributed by atoms with Crippen LogP contribution in [0.4, 0.5) is 5.00 Å². The van der Waals surface area contributed by atoms with Crippen LogP contribution in [-0.2, 0) is 22.4 Å². The van der Waals surface area contributed by atoms with E-state index in [1.165, 1.54) is 28.0 Å². The molecule has 170 valence electrons. The van der Waals surface area contributed by atoms with Crippen molar-refractivity contribution in [3.63, 3.8) is 0 Å². The first-order chi connectivity index (χ1) is 16.0. The fourth-order valence-corrected chi connectivity index (χ4v) is 6.42. The van der Waals surface area contributed by atoms with Gasteiger partial charge in [-0.3, -0.25) is 9.20 Å². The van der Waals surface area contributed by atoms with E-state index in [9.17, 15) is 9.59 Å². The molecule has 9 heteroatoms. The van der Waals surface area contributed by atoms with Crippen molar-refractivity contribution in [1.82, 2.24) is 14.6 Å². The van der Waals surface area contributed by atoms with Crippen LogP contribution in [0.1, 0.15) is 41.1 Å². The normalized spacial score (nSPS) is 15.5. The van der Waals surface area contributed by atoms with Gasteiger partial charge in [0.1, 0.15) is 5.00 Å². The Morgan fingerprint density at radius 2 is 2.09 bits per heavy atom. The van der Waals surface area contributed by atoms with Gasteiger partial charge in [0.05, 0.1) is 23.4 Å². The van der Waals surface area contributed by atoms with E-state index in [1.54, 1.807) is 6.92 Å². The molecule has 0 saturated heterocycles. The summed E-state index contributed by atoms with van der Waals surface area (Å²) in [5, 5.41) is 13.8. The van der Waals surface area contributed by atoms with Crippen molar-refractivity contribution in [2.45, 2.75) is 38.3 Å². The second kappa shape index (κ2) is 9.15. The van der Waals surface area contributed by atoms with Gasteiger partial charge in [0.2, 0.25) is 5.91 Å². The molecule has 1 aromatic carbocycles. The van der Waals surface area contributed by atoms with Crippen LogP contribution in [0, 0.1) is 5.92 Å². The summed E-state index contributed by atoms with van der Waals surface area (Å²) in [5.74, 6) is 0.184. The number of hydrogen-bond acceptors (Lipinski definition) is 7. The lowest BCUT2D eigenvalue weighted by molar-refractivity contribution is -0.113. The molecule has 5 rings (SSSR count). The molecule has 4 aromatic rings. The Hall–Kier alpha value is -2.91. The van der Waals surface area contributed by atoms with E-state index in [1.807, 2.05) is 40.8 Å². The molecule has 1 atom stereocenters. The quantitative estimate of drug-likeness (QED) is 0.310. The van der Waals surface area contributed by atoms with Crippen molar-refractivity contribution in [3.8, 4) is 0 Å². The summed E-state index contributed by atoms with van der Waals surface area (Å²) in [6, 6.07) is 11.9. The van der Waals surface area contributed by atoms with Crippen LogP contribution < -0.4 is 5.32 Å². The lowest BCUT2D eigenvalue weighted by Gasteiger charge is -2.18. The molecule has 1 N–H and O–H groups in total. The summed E-state index contributed by atoms with van der Waals surface area (Å²) in [6.07, 6.45) is 2.80. The molecule has 0 saturated carbocycles. The third kappa shape index (κ3) is 4.22. The fourth-order valence-electron chi connectivity index (χ4n) is 4.26. The molecule has 1 aliphatic rings. The minimum absolute atomic E-state index is 0.158. The fraction of sp³-hybridized carbons (Fsp3) is 0.333. The van der Waals surface area contributed by atoms with Crippen LogP contribution in [0.25, 0.3) is 16.6 Å². The lowest BCUT2D eigenvalue weighted by Crippen LogP contribution is -2.17. The number of thioether (sulfide) groups is 1. The standard InChI is InChI=1S/C24H24N4O3S2/c1-3-31-23(30)21-16-10-8-14(2)12-18(16)33-22(21)25-20(29)13-32-24-27-26-19-11-9-15-6-4-5-7-17(15)28(19)24/h4-7,9,11,14H,3,8,10,12-13H2,1-2H3,(H,25,29). The Bertz CT molecular complexity index is 1360. The summed E-state index contributed by atoms with van der Waals surface area (Å²) in [6.45, 7) is 4.31. The van der Waals surface area contributed by atoms with Crippen LogP contribution in [0.3, 0.4) is 0 Å². The molecule has 1 aliphatic carbocycles. The molecule has 0 spiro atoms. The molecule has 7 nitrogen and oxygen atoms in total. The van der Waals surface area contributed by atoms with E-state index >= 15 is 0 Å². The van der Waals surface area contributed by atoms with Crippen LogP contribution >= 0.6 is 23.1 Å². The molecule has 0 radical (unpaired) electrons. The highest BCUT2D eigenvalue weighted by molar-refractivity contribution is 7.99. The monoisotopic (exact) mass is 480 g/mol. The maximum atomic E-state index is 12.9. The van der Waals surface area contributed by atoms with Gasteiger partial charge in [0.25, 0.3) is 0 Å². The number of hydrogen-bond donors (Lipinski definition) is 1. The van der Waals surface area contributed by atoms with Crippen molar-refractivity contribution in [2.75, 3.05) is 17.7 Å². The van der Waals surface area contributed by atoms with Gasteiger partial charge in [-0.15, -0.1) is 21.5 Å². The Balaban J connectivity index is 1.37. The van der Waals surface area contributed by atoms with Gasteiger partial charge < -0.3 is 10.1 Å². The molecule has 33 heavy (non-hydrogen) atoms. The van der Waals surface area contributed by atoms with Gasteiger partial charge in [-0.2, -0.15) is 0 Å². The molecule has 3 aromatic heterocycles. The lowest BCUT2D eigenvalue weighted by atomic mass is 9.88. The van der Waals surface area contributed by atoms with E-state index in [4.69, 9.17) is 4.74 Å². The van der Waals surface area contributed by atoms with Crippen molar-refractivity contribution < 1.29 is 14.3 Å². The summed E-state index contributed by atoms with van der Waals surface area (Å²) in [5.41, 5.74) is 3.30. The predicted molar refractivity (Wildman–Crippen MR) is 131 cm³/mol. The second-order valence-corrected chi connectivity index (χ2v) is 10.2. The second-order valence-electron chi connectivity index (χ2n) is 8.18. The number of benzene rings is 1. The Morgan fingerprint density at radius 1 is 1.24 bits per heavy atom. The van der Waals surface area contributed by atoms with Crippen LogP contribution in [0.2, 0.25) is 0 Å². The maximum Gasteiger partial charge on any atom is 0.341 e. The smallest absolute Gasteiger partial charge is 0.341 e. The number of fused-ring (bicyclic) bond motifs is 4. The number of amides is 1. The molecule has 1 amide bonds. The zero-order chi connectivity index (χ0) is 22.9. The Morgan fingerprint density at radius 3 is 2.94 bits per heavy atom. The van der Waals surface area contributed by atoms with Gasteiger partial charge in [-0.1, -0.05) is 36.9 Å². The maximum absolute atomic E-state index is 12.9. The van der Waals surface area contributed by atoms with E-state index in [2.05, 4.69) is 22.4 Å². The predicted octanol–water partition coefficient (Wildman–Crippen LogP) is 4.98. The summed E-state index contributed by atoms with van der Waals surface area (Å²) in [7, 11) is 0. The van der Waals surface area contributed by atoms with E-state index in [0.717, 1.165) is 41.4 Å². The number of para-hydroxylation sites is 1. The first-order valence-corrected chi connectivity index (χ1v) is 12.8. The molecular weight excluding hydrogens is 456 g/mol. The average Bonchev–Trinajstić information content (AvgIpc) is 3.38. The van der Waals surface area contributed by atoms with Crippen LogP contribution in [0.15, 0.2) is 41.6 Å². The summed E-state index contributed by atoms with van der Waals surface area (Å²) < 4.78 is 7.26. The number of rotatable bonds is 6. The summed E-state index contributed by atoms with van der Waals surface area (Å²) >= 11 is 2.83. The first kappa shape index (κ1) is 21.9. The van der Waals surface area contributed by atoms with Gasteiger partial charge in [0, 0.05) is 4.88 Å². The third-order valence-electron chi connectivity index (χ3n) is 5.82. The highest BCUT2D eigenvalue weighted by Gasteiger charge is 2.29. The zero-order valence-electron chi connectivity index (χ0n) is 18.5. The highest BCUT2D eigenvalue weighted by Crippen LogP contribution is 2.40. The minimum Gasteiger partial charge on any atom is -0.462 e. The number of carbonyl (C=O) groups is 2. The third-order valence-corrected chi connectivity index (χ3v) is 7.92. The number of thiophene rings is 1. The van der Waals surface area contributed by atoms with Crippen LogP contribution in [-0.4, -0.2) is 38.8 Å². The van der Waals surface area contributed by atoms with E-state index < -0.39 is 0 Å². The molecular formula is C24H24N4O3S2. The molecule has 0 fully saturated rings. The average molecular weight is 481 g/mol. The van der Waals surface area contributed by atoms with Crippen molar-refractivity contribution in [1.29, 1.82) is 0 Å². The Labute approximate surface area is 199 Å². The first-order valence-electron chi connectivity index (χ1n) is 11.0. The van der Waals surface area contributed by atoms with Gasteiger partial charge in [-0.25, -0.2) is 4.79 Å². The number of aromatic nitrogens is 3. The van der Waals surface area contributed by atoms with Gasteiger partial charge in [0.15, 0.2) is 10.8 Å². The van der Waals surface area contributed by atoms with Crippen LogP contribution in [0.5, 0.6) is 0 Å². The number of esters is 1. The van der Waals surface area contributed by atoms with Crippen molar-refractivity contribution in [2.24, 2.45) is 5.92 Å². The van der Waals surface area contributed by atoms with E-state index in [-0.39, 0.29) is 17.6 Å². The number of nitrogens with zero attached hydrogens (tertiary/aromatic N) is 3. The van der Waals surface area contributed by atoms with Crippen molar-refractivity contribution in [3.05, 3.63) is 52.4 Å². The topological polar surface area (TPSA) is 85.6 Å². The van der Waals surface area contributed by atoms with Gasteiger partial charge in [-0.05, 0) is 61.3 Å². The number of anilines is 1. The number of carbonyl (C=O) groups excluding carboxylic acids is 2. The molecule has 0 bridgehead atoms. The summed E-state index contributed by atoms with van der Waals surface area (Å²) in [4.78, 5) is 26.7.